The number of amides is 2. The Labute approximate surface area is 179 Å². The van der Waals surface area contributed by atoms with E-state index in [0.717, 1.165) is 48.2 Å². The minimum atomic E-state index is -0.0528. The van der Waals surface area contributed by atoms with Crippen LogP contribution in [0.3, 0.4) is 0 Å². The number of rotatable bonds is 7. The second-order valence-electron chi connectivity index (χ2n) is 7.12. The lowest BCUT2D eigenvalue weighted by Gasteiger charge is -2.31. The van der Waals surface area contributed by atoms with E-state index in [-0.39, 0.29) is 17.9 Å². The Hall–Kier alpha value is -1.87. The molecule has 1 saturated heterocycles. The molecule has 2 N–H and O–H groups in total. The number of nitrogens with zero attached hydrogens (tertiary/aromatic N) is 2. The van der Waals surface area contributed by atoms with Gasteiger partial charge in [-0.15, -0.1) is 0 Å². The predicted molar refractivity (Wildman–Crippen MR) is 119 cm³/mol. The van der Waals surface area contributed by atoms with Crippen LogP contribution in [0.1, 0.15) is 36.7 Å². The number of nitrogens with one attached hydrogen (secondary N) is 2. The van der Waals surface area contributed by atoms with Gasteiger partial charge >= 0.3 is 0 Å². The first-order chi connectivity index (χ1) is 13.6. The number of aromatic nitrogens is 1. The average Bonchev–Trinajstić information content (AvgIpc) is 3.18. The number of carbonyl (C=O) groups excluding carboxylic acids is 2. The predicted octanol–water partition coefficient (Wildman–Crippen LogP) is 2.80. The number of hydrogen-bond acceptors (Lipinski definition) is 3. The molecule has 0 bridgehead atoms. The fraction of sp³-hybridized carbons (Fsp3) is 0.429. The van der Waals surface area contributed by atoms with Crippen molar-refractivity contribution in [3.05, 3.63) is 51.9 Å². The van der Waals surface area contributed by atoms with Gasteiger partial charge in [-0.05, 0) is 72.2 Å². The molecule has 0 aliphatic carbocycles. The van der Waals surface area contributed by atoms with Gasteiger partial charge in [0.05, 0.1) is 6.54 Å². The van der Waals surface area contributed by atoms with Crippen LogP contribution in [0.5, 0.6) is 0 Å². The van der Waals surface area contributed by atoms with Crippen LogP contribution in [0.2, 0.25) is 0 Å². The van der Waals surface area contributed by atoms with Gasteiger partial charge in [0.2, 0.25) is 5.91 Å². The van der Waals surface area contributed by atoms with E-state index in [0.29, 0.717) is 12.2 Å². The molecule has 150 valence electrons. The Morgan fingerprint density at radius 3 is 2.68 bits per heavy atom. The van der Waals surface area contributed by atoms with Crippen LogP contribution >= 0.6 is 22.6 Å². The van der Waals surface area contributed by atoms with E-state index in [9.17, 15) is 9.59 Å². The third kappa shape index (κ3) is 5.57. The SMILES string of the molecule is CCCNC(=O)CN1CCC(NC(=O)c2cccn2-c2cccc(I)c2)CC1. The maximum absolute atomic E-state index is 12.8. The van der Waals surface area contributed by atoms with Crippen LogP contribution in [-0.4, -0.2) is 53.5 Å². The Balaban J connectivity index is 1.53. The summed E-state index contributed by atoms with van der Waals surface area (Å²) in [5.41, 5.74) is 1.62. The smallest absolute Gasteiger partial charge is 0.268 e. The maximum Gasteiger partial charge on any atom is 0.268 e. The lowest BCUT2D eigenvalue weighted by atomic mass is 10.0. The summed E-state index contributed by atoms with van der Waals surface area (Å²) in [6, 6.07) is 12.0. The zero-order valence-electron chi connectivity index (χ0n) is 16.2. The second-order valence-corrected chi connectivity index (χ2v) is 8.36. The van der Waals surface area contributed by atoms with Crippen molar-refractivity contribution in [3.8, 4) is 5.69 Å². The van der Waals surface area contributed by atoms with Gasteiger partial charge in [-0.3, -0.25) is 14.5 Å². The molecule has 0 saturated carbocycles. The molecule has 28 heavy (non-hydrogen) atoms. The van der Waals surface area contributed by atoms with Gasteiger partial charge in [0, 0.05) is 41.1 Å². The molecule has 1 aliphatic rings. The lowest BCUT2D eigenvalue weighted by Crippen LogP contribution is -2.47. The molecule has 1 aromatic carbocycles. The van der Waals surface area contributed by atoms with Crippen LogP contribution in [0, 0.1) is 3.57 Å². The Morgan fingerprint density at radius 1 is 1.18 bits per heavy atom. The number of carbonyl (C=O) groups is 2. The third-order valence-corrected chi connectivity index (χ3v) is 5.60. The second kappa shape index (κ2) is 10.1. The first-order valence-corrected chi connectivity index (χ1v) is 10.9. The molecule has 1 aliphatic heterocycles. The zero-order chi connectivity index (χ0) is 19.9. The number of likely N-dealkylation sites (tertiary alicyclic amines) is 1. The van der Waals surface area contributed by atoms with E-state index in [1.807, 2.05) is 48.0 Å². The molecule has 2 amide bonds. The molecular formula is C21H27IN4O2. The fourth-order valence-electron chi connectivity index (χ4n) is 3.44. The maximum atomic E-state index is 12.8. The molecule has 2 heterocycles. The summed E-state index contributed by atoms with van der Waals surface area (Å²) in [7, 11) is 0. The summed E-state index contributed by atoms with van der Waals surface area (Å²) in [6.07, 6.45) is 4.58. The van der Waals surface area contributed by atoms with Gasteiger partial charge in [0.15, 0.2) is 0 Å². The monoisotopic (exact) mass is 494 g/mol. The summed E-state index contributed by atoms with van der Waals surface area (Å²) < 4.78 is 3.05. The van der Waals surface area contributed by atoms with Crippen LogP contribution in [-0.2, 0) is 4.79 Å². The van der Waals surface area contributed by atoms with E-state index in [4.69, 9.17) is 0 Å². The first kappa shape index (κ1) is 20.9. The highest BCUT2D eigenvalue weighted by Crippen LogP contribution is 2.17. The summed E-state index contributed by atoms with van der Waals surface area (Å²) in [5.74, 6) is 0.0302. The fourth-order valence-corrected chi connectivity index (χ4v) is 3.96. The summed E-state index contributed by atoms with van der Waals surface area (Å²) in [4.78, 5) is 26.8. The molecular weight excluding hydrogens is 467 g/mol. The van der Waals surface area contributed by atoms with E-state index in [1.165, 1.54) is 0 Å². The molecule has 0 atom stereocenters. The van der Waals surface area contributed by atoms with E-state index >= 15 is 0 Å². The zero-order valence-corrected chi connectivity index (χ0v) is 18.3. The van der Waals surface area contributed by atoms with Gasteiger partial charge < -0.3 is 15.2 Å². The molecule has 1 aromatic heterocycles. The highest BCUT2D eigenvalue weighted by molar-refractivity contribution is 14.1. The number of halogens is 1. The summed E-state index contributed by atoms with van der Waals surface area (Å²) in [6.45, 7) is 4.86. The largest absolute Gasteiger partial charge is 0.355 e. The average molecular weight is 494 g/mol. The molecule has 6 nitrogen and oxygen atoms in total. The van der Waals surface area contributed by atoms with Crippen LogP contribution in [0.25, 0.3) is 5.69 Å². The molecule has 3 rings (SSSR count). The quantitative estimate of drug-likeness (QED) is 0.582. The van der Waals surface area contributed by atoms with Gasteiger partial charge in [-0.1, -0.05) is 13.0 Å². The number of piperidine rings is 1. The van der Waals surface area contributed by atoms with Crippen molar-refractivity contribution < 1.29 is 9.59 Å². The Morgan fingerprint density at radius 2 is 1.96 bits per heavy atom. The first-order valence-electron chi connectivity index (χ1n) is 9.80. The summed E-state index contributed by atoms with van der Waals surface area (Å²) in [5, 5.41) is 6.08. The Bertz CT molecular complexity index is 812. The summed E-state index contributed by atoms with van der Waals surface area (Å²) >= 11 is 2.27. The molecule has 2 aromatic rings. The topological polar surface area (TPSA) is 66.4 Å². The lowest BCUT2D eigenvalue weighted by molar-refractivity contribution is -0.122. The van der Waals surface area contributed by atoms with Crippen molar-refractivity contribution in [1.29, 1.82) is 0 Å². The Kier molecular flexibility index (Phi) is 7.50. The molecule has 7 heteroatoms. The normalized spacial score (nSPS) is 15.4. The molecule has 0 spiro atoms. The minimum absolute atomic E-state index is 0.0528. The highest BCUT2D eigenvalue weighted by atomic mass is 127. The van der Waals surface area contributed by atoms with Crippen molar-refractivity contribution in [2.75, 3.05) is 26.2 Å². The van der Waals surface area contributed by atoms with Crippen molar-refractivity contribution >= 4 is 34.4 Å². The van der Waals surface area contributed by atoms with E-state index in [1.54, 1.807) is 0 Å². The van der Waals surface area contributed by atoms with Crippen molar-refractivity contribution in [2.45, 2.75) is 32.2 Å². The van der Waals surface area contributed by atoms with Crippen molar-refractivity contribution in [1.82, 2.24) is 20.1 Å². The number of benzene rings is 1. The standard InChI is InChI=1S/C21H27IN4O2/c1-2-10-23-20(27)15-25-12-8-17(9-13-25)24-21(28)19-7-4-11-26(19)18-6-3-5-16(22)14-18/h3-7,11,14,17H,2,8-10,12-13,15H2,1H3,(H,23,27)(H,24,28). The van der Waals surface area contributed by atoms with E-state index < -0.39 is 0 Å². The third-order valence-electron chi connectivity index (χ3n) is 4.93. The van der Waals surface area contributed by atoms with Gasteiger partial charge in [-0.2, -0.15) is 0 Å². The molecule has 0 radical (unpaired) electrons. The van der Waals surface area contributed by atoms with E-state index in [2.05, 4.69) is 44.2 Å². The molecule has 0 unspecified atom stereocenters. The van der Waals surface area contributed by atoms with Crippen LogP contribution < -0.4 is 10.6 Å². The van der Waals surface area contributed by atoms with Gasteiger partial charge in [-0.25, -0.2) is 0 Å². The minimum Gasteiger partial charge on any atom is -0.355 e. The van der Waals surface area contributed by atoms with Crippen LogP contribution in [0.15, 0.2) is 42.6 Å². The number of hydrogen-bond donors (Lipinski definition) is 2. The highest BCUT2D eigenvalue weighted by Gasteiger charge is 2.23. The van der Waals surface area contributed by atoms with Crippen LogP contribution in [0.4, 0.5) is 0 Å². The molecule has 1 fully saturated rings. The van der Waals surface area contributed by atoms with Crippen molar-refractivity contribution in [2.24, 2.45) is 0 Å². The van der Waals surface area contributed by atoms with Gasteiger partial charge in [0.1, 0.15) is 5.69 Å². The van der Waals surface area contributed by atoms with Crippen molar-refractivity contribution in [3.63, 3.8) is 0 Å². The van der Waals surface area contributed by atoms with Gasteiger partial charge in [0.25, 0.3) is 5.91 Å².